The zero-order chi connectivity index (χ0) is 19.5. The highest BCUT2D eigenvalue weighted by molar-refractivity contribution is 5.84. The zero-order valence-corrected chi connectivity index (χ0v) is 15.9. The van der Waals surface area contributed by atoms with E-state index < -0.39 is 0 Å². The van der Waals surface area contributed by atoms with Gasteiger partial charge < -0.3 is 4.90 Å². The largest absolute Gasteiger partial charge is 0.347 e. The highest BCUT2D eigenvalue weighted by atomic mass is 16.6. The van der Waals surface area contributed by atoms with Crippen molar-refractivity contribution in [3.8, 4) is 0 Å². The summed E-state index contributed by atoms with van der Waals surface area (Å²) < 4.78 is 0. The molecule has 1 aromatic heterocycles. The molecular formula is C23H23N3O2. The molecule has 0 aliphatic carbocycles. The predicted molar refractivity (Wildman–Crippen MR) is 113 cm³/mol. The van der Waals surface area contributed by atoms with E-state index in [2.05, 4.69) is 24.1 Å². The summed E-state index contributed by atoms with van der Waals surface area (Å²) in [6.07, 6.45) is 4.22. The predicted octanol–water partition coefficient (Wildman–Crippen LogP) is 5.26. The molecule has 4 rings (SSSR count). The molecule has 0 fully saturated rings. The van der Waals surface area contributed by atoms with Crippen LogP contribution in [0.3, 0.4) is 0 Å². The summed E-state index contributed by atoms with van der Waals surface area (Å²) in [5.74, 6) is -0.308. The molecule has 0 N–H and O–H groups in total. The van der Waals surface area contributed by atoms with Gasteiger partial charge in [-0.25, -0.2) is 4.98 Å². The third kappa shape index (κ3) is 3.48. The maximum absolute atomic E-state index is 11.5. The fraction of sp³-hybridized carbons (Fsp3) is 0.261. The summed E-state index contributed by atoms with van der Waals surface area (Å²) in [6.45, 7) is 2.91. The van der Waals surface area contributed by atoms with Crippen molar-refractivity contribution in [1.82, 2.24) is 4.98 Å². The first-order valence-corrected chi connectivity index (χ1v) is 9.72. The van der Waals surface area contributed by atoms with Crippen LogP contribution in [0.2, 0.25) is 0 Å². The van der Waals surface area contributed by atoms with Crippen LogP contribution < -0.4 is 4.90 Å². The van der Waals surface area contributed by atoms with Crippen molar-refractivity contribution in [1.29, 1.82) is 0 Å². The van der Waals surface area contributed by atoms with Crippen LogP contribution in [0.1, 0.15) is 36.9 Å². The van der Waals surface area contributed by atoms with E-state index in [1.807, 2.05) is 54.6 Å². The maximum Gasteiger partial charge on any atom is 0.214 e. The van der Waals surface area contributed by atoms with Gasteiger partial charge in [0.15, 0.2) is 0 Å². The SMILES string of the molecule is CCCCN1C=C(c2ccc3ccccc3n2)[C@H](C[N+](=O)[O-])c2ccccc21. The summed E-state index contributed by atoms with van der Waals surface area (Å²) in [6, 6.07) is 20.0. The third-order valence-corrected chi connectivity index (χ3v) is 5.27. The number of unbranched alkanes of at least 4 members (excludes halogenated alkanes) is 1. The molecular weight excluding hydrogens is 350 g/mol. The highest BCUT2D eigenvalue weighted by Gasteiger charge is 2.32. The Morgan fingerprint density at radius 2 is 1.86 bits per heavy atom. The molecule has 0 amide bonds. The number of pyridine rings is 1. The van der Waals surface area contributed by atoms with Crippen LogP contribution in [0.4, 0.5) is 5.69 Å². The van der Waals surface area contributed by atoms with Crippen molar-refractivity contribution in [3.63, 3.8) is 0 Å². The van der Waals surface area contributed by atoms with Crippen LogP contribution >= 0.6 is 0 Å². The average molecular weight is 373 g/mol. The molecule has 1 atom stereocenters. The first-order valence-electron chi connectivity index (χ1n) is 9.72. The van der Waals surface area contributed by atoms with Crippen LogP contribution in [0.5, 0.6) is 0 Å². The number of anilines is 1. The Labute approximate surface area is 164 Å². The van der Waals surface area contributed by atoms with Crippen LogP contribution in [-0.4, -0.2) is 23.0 Å². The lowest BCUT2D eigenvalue weighted by Crippen LogP contribution is -2.28. The summed E-state index contributed by atoms with van der Waals surface area (Å²) in [4.78, 5) is 18.3. The molecule has 142 valence electrons. The maximum atomic E-state index is 11.5. The van der Waals surface area contributed by atoms with Crippen molar-refractivity contribution in [2.24, 2.45) is 0 Å². The lowest BCUT2D eigenvalue weighted by atomic mass is 9.85. The Bertz CT molecular complexity index is 1040. The summed E-state index contributed by atoms with van der Waals surface area (Å²) >= 11 is 0. The van der Waals surface area contributed by atoms with E-state index >= 15 is 0 Å². The minimum atomic E-state index is -0.308. The van der Waals surface area contributed by atoms with E-state index in [4.69, 9.17) is 4.98 Å². The van der Waals surface area contributed by atoms with Crippen molar-refractivity contribution in [3.05, 3.63) is 88.2 Å². The molecule has 5 nitrogen and oxygen atoms in total. The van der Waals surface area contributed by atoms with E-state index in [0.717, 1.165) is 52.8 Å². The van der Waals surface area contributed by atoms with Gasteiger partial charge in [-0.3, -0.25) is 10.1 Å². The van der Waals surface area contributed by atoms with E-state index in [1.54, 1.807) is 0 Å². The number of para-hydroxylation sites is 2. The van der Waals surface area contributed by atoms with E-state index in [0.29, 0.717) is 0 Å². The van der Waals surface area contributed by atoms with Crippen LogP contribution in [0, 0.1) is 10.1 Å². The number of rotatable bonds is 6. The smallest absolute Gasteiger partial charge is 0.214 e. The Hall–Kier alpha value is -3.21. The lowest BCUT2D eigenvalue weighted by Gasteiger charge is -2.33. The number of aromatic nitrogens is 1. The standard InChI is InChI=1S/C23H23N3O2/c1-2-3-14-25-15-20(22-13-12-17-8-4-6-10-21(17)24-22)19(16-26(27)28)18-9-5-7-11-23(18)25/h4-13,15,19H,2-3,14,16H2,1H3/t19-/m1/s1. The fourth-order valence-electron chi connectivity index (χ4n) is 3.87. The molecule has 2 heterocycles. The monoisotopic (exact) mass is 373 g/mol. The first kappa shape index (κ1) is 18.2. The summed E-state index contributed by atoms with van der Waals surface area (Å²) in [7, 11) is 0. The Kier molecular flexibility index (Phi) is 5.06. The highest BCUT2D eigenvalue weighted by Crippen LogP contribution is 2.42. The van der Waals surface area contributed by atoms with Crippen molar-refractivity contribution < 1.29 is 4.92 Å². The molecule has 2 aromatic carbocycles. The minimum absolute atomic E-state index is 0.140. The van der Waals surface area contributed by atoms with Gasteiger partial charge >= 0.3 is 0 Å². The van der Waals surface area contributed by atoms with Crippen molar-refractivity contribution >= 4 is 22.2 Å². The molecule has 0 unspecified atom stereocenters. The van der Waals surface area contributed by atoms with Gasteiger partial charge in [0.2, 0.25) is 6.54 Å². The van der Waals surface area contributed by atoms with Crippen molar-refractivity contribution in [2.75, 3.05) is 18.0 Å². The second kappa shape index (κ2) is 7.80. The van der Waals surface area contributed by atoms with Gasteiger partial charge in [0.05, 0.1) is 17.1 Å². The van der Waals surface area contributed by atoms with Crippen LogP contribution in [-0.2, 0) is 0 Å². The van der Waals surface area contributed by atoms with Gasteiger partial charge in [-0.1, -0.05) is 55.8 Å². The second-order valence-corrected chi connectivity index (χ2v) is 7.15. The lowest BCUT2D eigenvalue weighted by molar-refractivity contribution is -0.481. The van der Waals surface area contributed by atoms with Crippen LogP contribution in [0.25, 0.3) is 16.5 Å². The molecule has 1 aliphatic heterocycles. The second-order valence-electron chi connectivity index (χ2n) is 7.15. The average Bonchev–Trinajstić information content (AvgIpc) is 2.72. The third-order valence-electron chi connectivity index (χ3n) is 5.27. The molecule has 3 aromatic rings. The number of hydrogen-bond donors (Lipinski definition) is 0. The van der Waals surface area contributed by atoms with Gasteiger partial charge in [0.25, 0.3) is 0 Å². The molecule has 5 heteroatoms. The molecule has 1 aliphatic rings. The number of benzene rings is 2. The van der Waals surface area contributed by atoms with E-state index in [9.17, 15) is 10.1 Å². The number of fused-ring (bicyclic) bond motifs is 2. The first-order chi connectivity index (χ1) is 13.7. The summed E-state index contributed by atoms with van der Waals surface area (Å²) in [5, 5.41) is 12.5. The number of nitro groups is 1. The van der Waals surface area contributed by atoms with Gasteiger partial charge in [-0.15, -0.1) is 0 Å². The fourth-order valence-corrected chi connectivity index (χ4v) is 3.87. The topological polar surface area (TPSA) is 59.3 Å². The van der Waals surface area contributed by atoms with Gasteiger partial charge in [0, 0.05) is 34.3 Å². The Morgan fingerprint density at radius 3 is 2.68 bits per heavy atom. The minimum Gasteiger partial charge on any atom is -0.347 e. The molecule has 0 bridgehead atoms. The zero-order valence-electron chi connectivity index (χ0n) is 15.9. The molecule has 0 saturated heterocycles. The van der Waals surface area contributed by atoms with Gasteiger partial charge in [-0.05, 0) is 30.2 Å². The molecule has 28 heavy (non-hydrogen) atoms. The Morgan fingerprint density at radius 1 is 1.07 bits per heavy atom. The molecule has 0 spiro atoms. The van der Waals surface area contributed by atoms with Gasteiger partial charge in [0.1, 0.15) is 0 Å². The molecule has 0 saturated carbocycles. The number of hydrogen-bond acceptors (Lipinski definition) is 4. The summed E-state index contributed by atoms with van der Waals surface area (Å²) in [5.41, 5.74) is 4.69. The van der Waals surface area contributed by atoms with Crippen molar-refractivity contribution in [2.45, 2.75) is 25.7 Å². The Balaban J connectivity index is 1.85. The van der Waals surface area contributed by atoms with Gasteiger partial charge in [-0.2, -0.15) is 0 Å². The van der Waals surface area contributed by atoms with E-state index in [-0.39, 0.29) is 17.4 Å². The number of nitrogens with zero attached hydrogens (tertiary/aromatic N) is 3. The quantitative estimate of drug-likeness (QED) is 0.437. The molecule has 0 radical (unpaired) electrons. The van der Waals surface area contributed by atoms with E-state index in [1.165, 1.54) is 0 Å². The normalized spacial score (nSPS) is 16.0. The van der Waals surface area contributed by atoms with Crippen LogP contribution in [0.15, 0.2) is 66.9 Å².